The molecule has 0 atom stereocenters. The Morgan fingerprint density at radius 1 is 1.08 bits per heavy atom. The molecule has 0 aliphatic rings. The Bertz CT molecular complexity index is 941. The monoisotopic (exact) mass is 412 g/mol. The molecular formula is C17H12Cl3FN4O. The molecule has 0 aliphatic heterocycles. The predicted octanol–water partition coefficient (Wildman–Crippen LogP) is 5.67. The van der Waals surface area contributed by atoms with Gasteiger partial charge in [0, 0.05) is 27.5 Å². The van der Waals surface area contributed by atoms with Crippen molar-refractivity contribution >= 4 is 52.3 Å². The van der Waals surface area contributed by atoms with Crippen LogP contribution in [0.25, 0.3) is 0 Å². The van der Waals surface area contributed by atoms with E-state index in [0.717, 1.165) is 0 Å². The van der Waals surface area contributed by atoms with Crippen molar-refractivity contribution in [1.82, 2.24) is 9.78 Å². The third kappa shape index (κ3) is 4.46. The summed E-state index contributed by atoms with van der Waals surface area (Å²) in [5.41, 5.74) is 0.798. The third-order valence-corrected chi connectivity index (χ3v) is 4.28. The van der Waals surface area contributed by atoms with E-state index in [1.165, 1.54) is 23.0 Å². The number of amides is 2. The molecule has 0 saturated carbocycles. The van der Waals surface area contributed by atoms with Gasteiger partial charge >= 0.3 is 6.03 Å². The fraction of sp³-hybridized carbons (Fsp3) is 0.0588. The minimum absolute atomic E-state index is 0.0722. The number of urea groups is 1. The maximum Gasteiger partial charge on any atom is 0.324 e. The van der Waals surface area contributed by atoms with Gasteiger partial charge in [-0.2, -0.15) is 5.10 Å². The van der Waals surface area contributed by atoms with Crippen LogP contribution in [0.1, 0.15) is 5.56 Å². The van der Waals surface area contributed by atoms with Crippen molar-refractivity contribution in [3.63, 3.8) is 0 Å². The number of benzene rings is 2. The van der Waals surface area contributed by atoms with Crippen molar-refractivity contribution in [2.75, 3.05) is 10.6 Å². The molecule has 2 amide bonds. The molecule has 0 fully saturated rings. The Labute approximate surface area is 163 Å². The van der Waals surface area contributed by atoms with E-state index in [1.807, 2.05) is 0 Å². The molecule has 0 radical (unpaired) electrons. The highest BCUT2D eigenvalue weighted by atomic mass is 35.5. The van der Waals surface area contributed by atoms with Crippen molar-refractivity contribution in [2.45, 2.75) is 6.54 Å². The van der Waals surface area contributed by atoms with E-state index in [1.54, 1.807) is 30.3 Å². The van der Waals surface area contributed by atoms with E-state index >= 15 is 0 Å². The highest BCUT2D eigenvalue weighted by molar-refractivity contribution is 6.33. The lowest BCUT2D eigenvalue weighted by Crippen LogP contribution is -2.20. The van der Waals surface area contributed by atoms with Gasteiger partial charge in [-0.05, 0) is 30.3 Å². The van der Waals surface area contributed by atoms with Crippen LogP contribution >= 0.6 is 34.8 Å². The highest BCUT2D eigenvalue weighted by Gasteiger charge is 2.13. The van der Waals surface area contributed by atoms with Gasteiger partial charge in [0.1, 0.15) is 10.8 Å². The van der Waals surface area contributed by atoms with Gasteiger partial charge in [-0.25, -0.2) is 9.18 Å². The molecule has 0 saturated heterocycles. The Kier molecular flexibility index (Phi) is 5.66. The van der Waals surface area contributed by atoms with Crippen LogP contribution in [-0.4, -0.2) is 15.8 Å². The molecule has 0 bridgehead atoms. The van der Waals surface area contributed by atoms with Gasteiger partial charge in [-0.1, -0.05) is 46.9 Å². The third-order valence-electron chi connectivity index (χ3n) is 3.41. The SMILES string of the molecule is O=C(Nc1cccc(Cl)c1)Nc1nn(Cc2c(F)cccc2Cl)cc1Cl. The minimum atomic E-state index is -0.539. The number of hydrogen-bond acceptors (Lipinski definition) is 2. The van der Waals surface area contributed by atoms with E-state index in [0.29, 0.717) is 10.7 Å². The summed E-state index contributed by atoms with van der Waals surface area (Å²) >= 11 is 18.0. The maximum absolute atomic E-state index is 13.9. The van der Waals surface area contributed by atoms with Crippen LogP contribution in [0.2, 0.25) is 15.1 Å². The summed E-state index contributed by atoms with van der Waals surface area (Å²) in [7, 11) is 0. The molecule has 0 unspecified atom stereocenters. The van der Waals surface area contributed by atoms with Crippen molar-refractivity contribution < 1.29 is 9.18 Å². The van der Waals surface area contributed by atoms with Crippen LogP contribution in [0.4, 0.5) is 20.7 Å². The largest absolute Gasteiger partial charge is 0.324 e. The van der Waals surface area contributed by atoms with Crippen LogP contribution in [0.3, 0.4) is 0 Å². The number of aromatic nitrogens is 2. The van der Waals surface area contributed by atoms with Crippen LogP contribution in [-0.2, 0) is 6.54 Å². The molecule has 2 aromatic carbocycles. The van der Waals surface area contributed by atoms with Gasteiger partial charge in [0.2, 0.25) is 0 Å². The number of halogens is 4. The number of anilines is 2. The minimum Gasteiger partial charge on any atom is -0.308 e. The summed E-state index contributed by atoms with van der Waals surface area (Å²) in [4.78, 5) is 12.1. The number of hydrogen-bond donors (Lipinski definition) is 2. The molecule has 26 heavy (non-hydrogen) atoms. The van der Waals surface area contributed by atoms with Crippen molar-refractivity contribution in [3.8, 4) is 0 Å². The number of carbonyl (C=O) groups excluding carboxylic acids is 1. The zero-order valence-electron chi connectivity index (χ0n) is 13.1. The molecule has 3 rings (SSSR count). The van der Waals surface area contributed by atoms with E-state index in [9.17, 15) is 9.18 Å². The van der Waals surface area contributed by atoms with Crippen LogP contribution in [0, 0.1) is 5.82 Å². The Balaban J connectivity index is 1.71. The number of nitrogens with one attached hydrogen (secondary N) is 2. The summed E-state index contributed by atoms with van der Waals surface area (Å²) in [6.07, 6.45) is 1.47. The highest BCUT2D eigenvalue weighted by Crippen LogP contribution is 2.24. The number of rotatable bonds is 4. The zero-order valence-corrected chi connectivity index (χ0v) is 15.4. The van der Waals surface area contributed by atoms with E-state index < -0.39 is 11.8 Å². The van der Waals surface area contributed by atoms with Crippen molar-refractivity contribution in [2.24, 2.45) is 0 Å². The van der Waals surface area contributed by atoms with Crippen LogP contribution in [0.15, 0.2) is 48.7 Å². The first-order chi connectivity index (χ1) is 12.4. The lowest BCUT2D eigenvalue weighted by atomic mass is 10.2. The fourth-order valence-electron chi connectivity index (χ4n) is 2.24. The molecule has 5 nitrogen and oxygen atoms in total. The van der Waals surface area contributed by atoms with Gasteiger partial charge < -0.3 is 5.32 Å². The fourth-order valence-corrected chi connectivity index (χ4v) is 2.86. The Morgan fingerprint density at radius 2 is 1.85 bits per heavy atom. The van der Waals surface area contributed by atoms with Crippen molar-refractivity contribution in [3.05, 3.63) is 75.1 Å². The van der Waals surface area contributed by atoms with Crippen LogP contribution < -0.4 is 10.6 Å². The molecular weight excluding hydrogens is 402 g/mol. The van der Waals surface area contributed by atoms with Gasteiger partial charge in [0.05, 0.1) is 6.54 Å². The van der Waals surface area contributed by atoms with E-state index in [-0.39, 0.29) is 28.0 Å². The first-order valence-corrected chi connectivity index (χ1v) is 8.55. The average molecular weight is 414 g/mol. The molecule has 1 aromatic heterocycles. The second-order valence-electron chi connectivity index (χ2n) is 5.31. The number of carbonyl (C=O) groups is 1. The second kappa shape index (κ2) is 7.95. The summed E-state index contributed by atoms with van der Waals surface area (Å²) in [5.74, 6) is -0.309. The molecule has 0 aliphatic carbocycles. The standard InChI is InChI=1S/C17H12Cl3FN4O/c18-10-3-1-4-11(7-10)22-17(26)23-16-14(20)9-25(24-16)8-12-13(19)5-2-6-15(12)21/h1-7,9H,8H2,(H2,22,23,24,26). The summed E-state index contributed by atoms with van der Waals surface area (Å²) in [5, 5.41) is 10.3. The predicted molar refractivity (Wildman–Crippen MR) is 102 cm³/mol. The Morgan fingerprint density at radius 3 is 2.58 bits per heavy atom. The van der Waals surface area contributed by atoms with E-state index in [2.05, 4.69) is 15.7 Å². The van der Waals surface area contributed by atoms with Gasteiger partial charge in [0.25, 0.3) is 0 Å². The Hall–Kier alpha value is -2.28. The molecule has 0 spiro atoms. The second-order valence-corrected chi connectivity index (χ2v) is 6.56. The van der Waals surface area contributed by atoms with E-state index in [4.69, 9.17) is 34.8 Å². The van der Waals surface area contributed by atoms with Crippen molar-refractivity contribution in [1.29, 1.82) is 0 Å². The lowest BCUT2D eigenvalue weighted by molar-refractivity contribution is 0.262. The molecule has 3 aromatic rings. The van der Waals surface area contributed by atoms with Gasteiger partial charge in [0.15, 0.2) is 5.82 Å². The summed E-state index contributed by atoms with van der Waals surface area (Å²) < 4.78 is 15.3. The molecule has 2 N–H and O–H groups in total. The number of nitrogens with zero attached hydrogens (tertiary/aromatic N) is 2. The normalized spacial score (nSPS) is 10.6. The van der Waals surface area contributed by atoms with Crippen LogP contribution in [0.5, 0.6) is 0 Å². The lowest BCUT2D eigenvalue weighted by Gasteiger charge is -2.07. The zero-order chi connectivity index (χ0) is 18.7. The van der Waals surface area contributed by atoms with Gasteiger partial charge in [-0.15, -0.1) is 0 Å². The summed E-state index contributed by atoms with van der Waals surface area (Å²) in [6.45, 7) is 0.0722. The quantitative estimate of drug-likeness (QED) is 0.578. The van der Waals surface area contributed by atoms with Gasteiger partial charge in [-0.3, -0.25) is 10.00 Å². The molecule has 9 heteroatoms. The maximum atomic E-state index is 13.9. The molecule has 134 valence electrons. The average Bonchev–Trinajstić information content (AvgIpc) is 2.90. The summed E-state index contributed by atoms with van der Waals surface area (Å²) in [6, 6.07) is 10.6. The first-order valence-electron chi connectivity index (χ1n) is 7.42. The smallest absolute Gasteiger partial charge is 0.308 e. The molecule has 1 heterocycles. The topological polar surface area (TPSA) is 59.0 Å². The first kappa shape index (κ1) is 18.5.